The fourth-order valence-electron chi connectivity index (χ4n) is 0.0929. The minimum absolute atomic E-state index is 0.275. The lowest BCUT2D eigenvalue weighted by Gasteiger charge is -1.95. The SMILES string of the molecule is CC(N)N[C]=O. The Labute approximate surface area is 36.5 Å². The third kappa shape index (κ3) is 3.43. The maximum Gasteiger partial charge on any atom is 0.310 e. The van der Waals surface area contributed by atoms with Crippen LogP contribution in [-0.4, -0.2) is 12.6 Å². The van der Waals surface area contributed by atoms with E-state index >= 15 is 0 Å². The number of hydrogen-bond acceptors (Lipinski definition) is 2. The van der Waals surface area contributed by atoms with E-state index in [-0.39, 0.29) is 6.17 Å². The minimum atomic E-state index is -0.275. The number of nitrogens with two attached hydrogens (primary N) is 1. The maximum atomic E-state index is 9.30. The zero-order valence-electron chi connectivity index (χ0n) is 3.56. The van der Waals surface area contributed by atoms with Gasteiger partial charge in [-0.1, -0.05) is 0 Å². The van der Waals surface area contributed by atoms with Crippen molar-refractivity contribution in [3.8, 4) is 0 Å². The highest BCUT2D eigenvalue weighted by Crippen LogP contribution is 1.54. The van der Waals surface area contributed by atoms with Crippen LogP contribution in [-0.2, 0) is 4.79 Å². The molecule has 0 heterocycles. The first-order valence-corrected chi connectivity index (χ1v) is 1.65. The molecule has 1 radical (unpaired) electrons. The summed E-state index contributed by atoms with van der Waals surface area (Å²) in [5.41, 5.74) is 5.03. The van der Waals surface area contributed by atoms with E-state index in [1.54, 1.807) is 6.92 Å². The Morgan fingerprint density at radius 3 is 2.50 bits per heavy atom. The average molecular weight is 87.1 g/mol. The van der Waals surface area contributed by atoms with E-state index in [9.17, 15) is 4.79 Å². The van der Waals surface area contributed by atoms with Crippen molar-refractivity contribution in [2.24, 2.45) is 5.73 Å². The molecule has 1 unspecified atom stereocenters. The Morgan fingerprint density at radius 1 is 2.00 bits per heavy atom. The third-order valence-corrected chi connectivity index (χ3v) is 0.287. The van der Waals surface area contributed by atoms with Crippen LogP contribution in [0.5, 0.6) is 0 Å². The molecule has 3 N–H and O–H groups in total. The molecule has 0 aliphatic carbocycles. The number of carbonyl (C=O) groups excluding carboxylic acids is 1. The second-order valence-electron chi connectivity index (χ2n) is 1.04. The molecule has 3 nitrogen and oxygen atoms in total. The Morgan fingerprint density at radius 2 is 2.50 bits per heavy atom. The van der Waals surface area contributed by atoms with Crippen molar-refractivity contribution in [1.82, 2.24) is 5.32 Å². The largest absolute Gasteiger partial charge is 0.333 e. The number of hydrogen-bond donors (Lipinski definition) is 2. The zero-order valence-corrected chi connectivity index (χ0v) is 3.56. The summed E-state index contributed by atoms with van der Waals surface area (Å²) in [6.45, 7) is 1.66. The molecule has 0 aromatic heterocycles. The van der Waals surface area contributed by atoms with Crippen LogP contribution in [0, 0.1) is 0 Å². The molecule has 1 amide bonds. The second kappa shape index (κ2) is 2.66. The van der Waals surface area contributed by atoms with E-state index in [4.69, 9.17) is 5.73 Å². The lowest BCUT2D eigenvalue weighted by Crippen LogP contribution is -2.32. The highest BCUT2D eigenvalue weighted by molar-refractivity contribution is 5.47. The fourth-order valence-corrected chi connectivity index (χ4v) is 0.0929. The Hall–Kier alpha value is -0.570. The van der Waals surface area contributed by atoms with Gasteiger partial charge in [0.25, 0.3) is 0 Å². The van der Waals surface area contributed by atoms with Crippen molar-refractivity contribution in [2.45, 2.75) is 13.1 Å². The Bertz CT molecular complexity index is 44.1. The zero-order chi connectivity index (χ0) is 4.99. The van der Waals surface area contributed by atoms with Gasteiger partial charge in [-0.2, -0.15) is 0 Å². The molecule has 0 spiro atoms. The van der Waals surface area contributed by atoms with Crippen molar-refractivity contribution in [2.75, 3.05) is 0 Å². The van der Waals surface area contributed by atoms with E-state index < -0.39 is 0 Å². The van der Waals surface area contributed by atoms with Crippen LogP contribution in [0.2, 0.25) is 0 Å². The molecule has 0 aromatic rings. The van der Waals surface area contributed by atoms with Crippen LogP contribution in [0.4, 0.5) is 0 Å². The summed E-state index contributed by atoms with van der Waals surface area (Å²) in [4.78, 5) is 9.30. The van der Waals surface area contributed by atoms with Crippen LogP contribution in [0.25, 0.3) is 0 Å². The molecule has 0 aliphatic heterocycles. The molecule has 0 aromatic carbocycles. The summed E-state index contributed by atoms with van der Waals surface area (Å²) in [5, 5.41) is 2.18. The molecule has 0 saturated carbocycles. The van der Waals surface area contributed by atoms with Gasteiger partial charge in [0.2, 0.25) is 0 Å². The van der Waals surface area contributed by atoms with Crippen LogP contribution < -0.4 is 11.1 Å². The smallest absolute Gasteiger partial charge is 0.310 e. The van der Waals surface area contributed by atoms with Crippen molar-refractivity contribution < 1.29 is 4.79 Å². The summed E-state index contributed by atoms with van der Waals surface area (Å²) >= 11 is 0. The molecule has 1 atom stereocenters. The van der Waals surface area contributed by atoms with Gasteiger partial charge >= 0.3 is 6.41 Å². The summed E-state index contributed by atoms with van der Waals surface area (Å²) < 4.78 is 0. The molecule has 0 bridgehead atoms. The lowest BCUT2D eigenvalue weighted by molar-refractivity contribution is 0.528. The van der Waals surface area contributed by atoms with E-state index in [1.807, 2.05) is 0 Å². The van der Waals surface area contributed by atoms with E-state index in [0.717, 1.165) is 0 Å². The van der Waals surface area contributed by atoms with Crippen molar-refractivity contribution in [1.29, 1.82) is 0 Å². The van der Waals surface area contributed by atoms with E-state index in [2.05, 4.69) is 5.32 Å². The monoisotopic (exact) mass is 87.1 g/mol. The van der Waals surface area contributed by atoms with Crippen molar-refractivity contribution in [3.63, 3.8) is 0 Å². The predicted molar refractivity (Wildman–Crippen MR) is 22.5 cm³/mol. The van der Waals surface area contributed by atoms with Gasteiger partial charge in [0.1, 0.15) is 0 Å². The van der Waals surface area contributed by atoms with Gasteiger partial charge in [-0.05, 0) is 6.92 Å². The maximum absolute atomic E-state index is 9.30. The minimum Gasteiger partial charge on any atom is -0.333 e. The molecule has 6 heavy (non-hydrogen) atoms. The van der Waals surface area contributed by atoms with Gasteiger partial charge in [0, 0.05) is 0 Å². The molecular weight excluding hydrogens is 80.0 g/mol. The van der Waals surface area contributed by atoms with Crippen molar-refractivity contribution >= 4 is 6.41 Å². The van der Waals surface area contributed by atoms with Crippen LogP contribution in [0.3, 0.4) is 0 Å². The molecule has 35 valence electrons. The van der Waals surface area contributed by atoms with Gasteiger partial charge in [0.15, 0.2) is 0 Å². The first-order chi connectivity index (χ1) is 2.77. The lowest BCUT2D eigenvalue weighted by atomic mass is 10.6. The third-order valence-electron chi connectivity index (χ3n) is 0.287. The summed E-state index contributed by atoms with van der Waals surface area (Å²) in [5.74, 6) is 0. The number of nitrogens with one attached hydrogen (secondary N) is 1. The summed E-state index contributed by atoms with van der Waals surface area (Å²) in [6.07, 6.45) is 1.17. The van der Waals surface area contributed by atoms with Gasteiger partial charge in [-0.25, -0.2) is 0 Å². The van der Waals surface area contributed by atoms with Gasteiger partial charge < -0.3 is 11.1 Å². The van der Waals surface area contributed by atoms with Gasteiger partial charge in [0.05, 0.1) is 6.17 Å². The average Bonchev–Trinajstić information content (AvgIpc) is 1.35. The molecule has 0 fully saturated rings. The fraction of sp³-hybridized carbons (Fsp3) is 0.667. The second-order valence-corrected chi connectivity index (χ2v) is 1.04. The highest BCUT2D eigenvalue weighted by atomic mass is 16.1. The summed E-state index contributed by atoms with van der Waals surface area (Å²) in [6, 6.07) is 0. The number of amides is 1. The quantitative estimate of drug-likeness (QED) is 0.333. The predicted octanol–water partition coefficient (Wildman–Crippen LogP) is -1.05. The van der Waals surface area contributed by atoms with Gasteiger partial charge in [-0.15, -0.1) is 0 Å². The number of rotatable bonds is 2. The van der Waals surface area contributed by atoms with Crippen LogP contribution in [0.15, 0.2) is 0 Å². The normalized spacial score (nSPS) is 13.0. The molecule has 0 rings (SSSR count). The van der Waals surface area contributed by atoms with Crippen LogP contribution >= 0.6 is 0 Å². The topological polar surface area (TPSA) is 55.1 Å². The summed E-state index contributed by atoms with van der Waals surface area (Å²) in [7, 11) is 0. The standard InChI is InChI=1S/C3H7N2O/c1-3(4)5-2-6/h3H,4H2,1H3,(H,5,6). The molecular formula is C3H7N2O. The highest BCUT2D eigenvalue weighted by Gasteiger charge is 1.82. The Kier molecular flexibility index (Phi) is 2.40. The molecule has 0 saturated heterocycles. The van der Waals surface area contributed by atoms with E-state index in [1.165, 1.54) is 6.41 Å². The Balaban J connectivity index is 2.81. The molecule has 3 heteroatoms. The van der Waals surface area contributed by atoms with Crippen LogP contribution in [0.1, 0.15) is 6.92 Å². The van der Waals surface area contributed by atoms with Gasteiger partial charge in [-0.3, -0.25) is 4.79 Å². The molecule has 0 aliphatic rings. The van der Waals surface area contributed by atoms with E-state index in [0.29, 0.717) is 0 Å². The van der Waals surface area contributed by atoms with Crippen molar-refractivity contribution in [3.05, 3.63) is 0 Å². The first-order valence-electron chi connectivity index (χ1n) is 1.65. The first kappa shape index (κ1) is 5.43.